The monoisotopic (exact) mass is 334 g/mol. The van der Waals surface area contributed by atoms with Crippen LogP contribution in [-0.2, 0) is 4.79 Å². The Morgan fingerprint density at radius 2 is 2.05 bits per heavy atom. The molecule has 3 nitrogen and oxygen atoms in total. The molecule has 0 spiro atoms. The Labute approximate surface area is 119 Å². The average molecular weight is 335 g/mol. The summed E-state index contributed by atoms with van der Waals surface area (Å²) in [5, 5.41) is 2.43. The van der Waals surface area contributed by atoms with E-state index in [4.69, 9.17) is 5.73 Å². The van der Waals surface area contributed by atoms with Gasteiger partial charge >= 0.3 is 0 Å². The highest BCUT2D eigenvalue weighted by molar-refractivity contribution is 9.10. The Hall–Kier alpha value is -1.01. The summed E-state index contributed by atoms with van der Waals surface area (Å²) in [5.41, 5.74) is 5.40. The van der Waals surface area contributed by atoms with E-state index in [9.17, 15) is 13.6 Å². The molecular weight excluding hydrogens is 318 g/mol. The van der Waals surface area contributed by atoms with Crippen LogP contribution in [-0.4, -0.2) is 12.5 Å². The van der Waals surface area contributed by atoms with Gasteiger partial charge in [-0.25, -0.2) is 8.78 Å². The number of benzene rings is 1. The molecule has 0 aromatic heterocycles. The van der Waals surface area contributed by atoms with Crippen LogP contribution in [0.5, 0.6) is 0 Å². The molecule has 19 heavy (non-hydrogen) atoms. The fraction of sp³-hybridized carbons (Fsp3) is 0.462. The number of carbonyl (C=O) groups is 1. The molecule has 0 radical (unpaired) electrons. The van der Waals surface area contributed by atoms with Crippen molar-refractivity contribution in [2.45, 2.75) is 26.2 Å². The van der Waals surface area contributed by atoms with Gasteiger partial charge in [-0.15, -0.1) is 0 Å². The van der Waals surface area contributed by atoms with Crippen molar-refractivity contribution >= 4 is 27.5 Å². The summed E-state index contributed by atoms with van der Waals surface area (Å²) in [4.78, 5) is 11.7. The van der Waals surface area contributed by atoms with E-state index >= 15 is 0 Å². The summed E-state index contributed by atoms with van der Waals surface area (Å²) in [6.45, 7) is 2.59. The van der Waals surface area contributed by atoms with Gasteiger partial charge in [0.15, 0.2) is 0 Å². The highest BCUT2D eigenvalue weighted by atomic mass is 79.9. The van der Waals surface area contributed by atoms with E-state index in [-0.39, 0.29) is 22.5 Å². The molecular formula is C13H17BrF2N2O. The van der Waals surface area contributed by atoms with Crippen LogP contribution in [0.4, 0.5) is 14.5 Å². The summed E-state index contributed by atoms with van der Waals surface area (Å²) in [6, 6.07) is 1.95. The van der Waals surface area contributed by atoms with Crippen molar-refractivity contribution in [3.8, 4) is 0 Å². The number of nitrogens with one attached hydrogen (secondary N) is 1. The minimum atomic E-state index is -0.788. The van der Waals surface area contributed by atoms with E-state index in [1.807, 2.05) is 6.92 Å². The molecule has 0 bridgehead atoms. The van der Waals surface area contributed by atoms with Gasteiger partial charge in [0, 0.05) is 12.5 Å². The standard InChI is InChI=1S/C13H17BrF2N2O/c1-8(4-5-17)2-3-13(19)18-12-6-9(14)10(15)7-11(12)16/h6-8H,2-5,17H2,1H3,(H,18,19). The molecule has 1 aromatic carbocycles. The highest BCUT2D eigenvalue weighted by Gasteiger charge is 2.12. The molecule has 1 aromatic rings. The summed E-state index contributed by atoms with van der Waals surface area (Å²) < 4.78 is 26.6. The van der Waals surface area contributed by atoms with Gasteiger partial charge < -0.3 is 11.1 Å². The van der Waals surface area contributed by atoms with Gasteiger partial charge in [-0.05, 0) is 47.3 Å². The summed E-state index contributed by atoms with van der Waals surface area (Å²) in [5.74, 6) is -1.43. The first-order valence-corrected chi connectivity index (χ1v) is 6.87. The molecule has 0 saturated heterocycles. The van der Waals surface area contributed by atoms with Crippen molar-refractivity contribution in [1.29, 1.82) is 0 Å². The quantitative estimate of drug-likeness (QED) is 0.783. The number of nitrogens with two attached hydrogens (primary N) is 1. The first-order chi connectivity index (χ1) is 8.93. The second kappa shape index (κ2) is 7.55. The largest absolute Gasteiger partial charge is 0.330 e. The van der Waals surface area contributed by atoms with Gasteiger partial charge in [-0.3, -0.25) is 4.79 Å². The van der Waals surface area contributed by atoms with Crippen LogP contribution in [0, 0.1) is 17.6 Å². The van der Waals surface area contributed by atoms with E-state index < -0.39 is 11.6 Å². The summed E-state index contributed by atoms with van der Waals surface area (Å²) in [6.07, 6.45) is 1.83. The maximum atomic E-state index is 13.4. The fourth-order valence-electron chi connectivity index (χ4n) is 1.64. The zero-order valence-corrected chi connectivity index (χ0v) is 12.3. The zero-order valence-electron chi connectivity index (χ0n) is 10.7. The third-order valence-corrected chi connectivity index (χ3v) is 3.42. The van der Waals surface area contributed by atoms with Crippen LogP contribution in [0.25, 0.3) is 0 Å². The topological polar surface area (TPSA) is 55.1 Å². The van der Waals surface area contributed by atoms with Gasteiger partial charge in [-0.1, -0.05) is 6.92 Å². The van der Waals surface area contributed by atoms with Gasteiger partial charge in [0.25, 0.3) is 0 Å². The second-order valence-electron chi connectivity index (χ2n) is 4.52. The number of amides is 1. The van der Waals surface area contributed by atoms with Gasteiger partial charge in [0.2, 0.25) is 5.91 Å². The number of hydrogen-bond donors (Lipinski definition) is 2. The van der Waals surface area contributed by atoms with E-state index in [2.05, 4.69) is 21.2 Å². The van der Waals surface area contributed by atoms with Gasteiger partial charge in [0.05, 0.1) is 10.2 Å². The van der Waals surface area contributed by atoms with Crippen LogP contribution in [0.2, 0.25) is 0 Å². The van der Waals surface area contributed by atoms with E-state index in [0.717, 1.165) is 12.5 Å². The smallest absolute Gasteiger partial charge is 0.224 e. The molecule has 0 heterocycles. The molecule has 1 atom stereocenters. The Bertz CT molecular complexity index is 455. The second-order valence-corrected chi connectivity index (χ2v) is 5.37. The van der Waals surface area contributed by atoms with Gasteiger partial charge in [0.1, 0.15) is 11.6 Å². The van der Waals surface area contributed by atoms with Crippen molar-refractivity contribution in [3.63, 3.8) is 0 Å². The molecule has 6 heteroatoms. The van der Waals surface area contributed by atoms with E-state index in [0.29, 0.717) is 18.9 Å². The molecule has 1 rings (SSSR count). The molecule has 1 amide bonds. The highest BCUT2D eigenvalue weighted by Crippen LogP contribution is 2.24. The van der Waals surface area contributed by atoms with Crippen LogP contribution in [0.3, 0.4) is 0 Å². The van der Waals surface area contributed by atoms with Crippen molar-refractivity contribution in [2.24, 2.45) is 11.7 Å². The minimum absolute atomic E-state index is 0.0234. The molecule has 3 N–H and O–H groups in total. The van der Waals surface area contributed by atoms with Crippen LogP contribution >= 0.6 is 15.9 Å². The van der Waals surface area contributed by atoms with E-state index in [1.54, 1.807) is 0 Å². The SMILES string of the molecule is CC(CCN)CCC(=O)Nc1cc(Br)c(F)cc1F. The van der Waals surface area contributed by atoms with Crippen LogP contribution in [0.1, 0.15) is 26.2 Å². The fourth-order valence-corrected chi connectivity index (χ4v) is 1.98. The summed E-state index contributed by atoms with van der Waals surface area (Å²) >= 11 is 2.95. The lowest BCUT2D eigenvalue weighted by Gasteiger charge is -2.10. The van der Waals surface area contributed by atoms with Crippen LogP contribution in [0.15, 0.2) is 16.6 Å². The zero-order chi connectivity index (χ0) is 14.4. The van der Waals surface area contributed by atoms with Crippen molar-refractivity contribution in [3.05, 3.63) is 28.2 Å². The number of hydrogen-bond acceptors (Lipinski definition) is 2. The van der Waals surface area contributed by atoms with Crippen LogP contribution < -0.4 is 11.1 Å². The minimum Gasteiger partial charge on any atom is -0.330 e. The Balaban J connectivity index is 2.55. The number of halogens is 3. The molecule has 0 aliphatic rings. The maximum absolute atomic E-state index is 13.4. The first-order valence-electron chi connectivity index (χ1n) is 6.08. The van der Waals surface area contributed by atoms with Crippen molar-refractivity contribution < 1.29 is 13.6 Å². The molecule has 0 saturated carbocycles. The normalized spacial score (nSPS) is 12.3. The van der Waals surface area contributed by atoms with E-state index in [1.165, 1.54) is 6.07 Å². The number of rotatable bonds is 6. The third kappa shape index (κ3) is 5.24. The molecule has 0 aliphatic heterocycles. The third-order valence-electron chi connectivity index (χ3n) is 2.81. The Kier molecular flexibility index (Phi) is 6.37. The lowest BCUT2D eigenvalue weighted by atomic mass is 10.0. The average Bonchev–Trinajstić information content (AvgIpc) is 2.34. The van der Waals surface area contributed by atoms with Gasteiger partial charge in [-0.2, -0.15) is 0 Å². The molecule has 0 aliphatic carbocycles. The number of carbonyl (C=O) groups excluding carboxylic acids is 1. The molecule has 106 valence electrons. The number of anilines is 1. The summed E-state index contributed by atoms with van der Waals surface area (Å²) in [7, 11) is 0. The Morgan fingerprint density at radius 3 is 2.68 bits per heavy atom. The van der Waals surface area contributed by atoms with Crippen molar-refractivity contribution in [2.75, 3.05) is 11.9 Å². The predicted octanol–water partition coefficient (Wildman–Crippen LogP) is 3.43. The molecule has 1 unspecified atom stereocenters. The molecule has 0 fully saturated rings. The lowest BCUT2D eigenvalue weighted by molar-refractivity contribution is -0.116. The Morgan fingerprint density at radius 1 is 1.37 bits per heavy atom. The lowest BCUT2D eigenvalue weighted by Crippen LogP contribution is -2.15. The predicted molar refractivity (Wildman–Crippen MR) is 74.8 cm³/mol. The first kappa shape index (κ1) is 16.0. The maximum Gasteiger partial charge on any atom is 0.224 e. The van der Waals surface area contributed by atoms with Crippen molar-refractivity contribution in [1.82, 2.24) is 0 Å².